The molecule has 194 valence electrons. The van der Waals surface area contributed by atoms with Crippen LogP contribution in [-0.2, 0) is 14.3 Å². The lowest BCUT2D eigenvalue weighted by molar-refractivity contribution is -0.149. The molecule has 4 rings (SSSR count). The van der Waals surface area contributed by atoms with Gasteiger partial charge in [0.2, 0.25) is 6.79 Å². The van der Waals surface area contributed by atoms with Gasteiger partial charge in [0.15, 0.2) is 0 Å². The first-order valence-corrected chi connectivity index (χ1v) is 11.3. The molecule has 0 aliphatic carbocycles. The summed E-state index contributed by atoms with van der Waals surface area (Å²) < 4.78 is 16.3. The summed E-state index contributed by atoms with van der Waals surface area (Å²) in [5.41, 5.74) is 17.2. The van der Waals surface area contributed by atoms with E-state index in [0.717, 1.165) is 27.7 Å². The lowest BCUT2D eigenvalue weighted by Crippen LogP contribution is -3.00. The first-order valence-electron chi connectivity index (χ1n) is 11.3. The Labute approximate surface area is 225 Å². The fourth-order valence-electron chi connectivity index (χ4n) is 4.02. The molecule has 0 aliphatic rings. The molecule has 10 heteroatoms. The highest BCUT2D eigenvalue weighted by Gasteiger charge is 2.27. The minimum Gasteiger partial charge on any atom is -1.00 e. The van der Waals surface area contributed by atoms with Gasteiger partial charge in [0.25, 0.3) is 0 Å². The normalized spacial score (nSPS) is 10.6. The number of rotatable bonds is 6. The van der Waals surface area contributed by atoms with Crippen LogP contribution in [0.2, 0.25) is 0 Å². The highest BCUT2D eigenvalue weighted by atomic mass is 79.9. The zero-order valence-corrected chi connectivity index (χ0v) is 22.9. The summed E-state index contributed by atoms with van der Waals surface area (Å²) in [4.78, 5) is 28.3. The summed E-state index contributed by atoms with van der Waals surface area (Å²) in [5, 5.41) is 1.56. The molecule has 0 aliphatic heterocycles. The molecule has 0 radical (unpaired) electrons. The summed E-state index contributed by atoms with van der Waals surface area (Å²) in [7, 11) is 7.80. The maximum Gasteiger partial charge on any atom is 0.363 e. The van der Waals surface area contributed by atoms with Crippen LogP contribution in [0.5, 0.6) is 0 Å². The SMILES string of the molecule is CC(=O)OCOC(=O)c1c(-c2c3ccc(N(C)C)cc3[o+]c3cc(N(C)C)ccc23)ccc(N)c1N.[Br-]. The van der Waals surface area contributed by atoms with E-state index in [1.807, 2.05) is 74.4 Å². The minimum atomic E-state index is -0.757. The number of fused-ring (bicyclic) bond motifs is 2. The Hall–Kier alpha value is -4.05. The standard InChI is InChI=1S/C27H28N4O5.BrH/c1-15(32)34-14-35-27(33)25-20(10-11-21(28)26(25)29)24-18-8-6-16(30(2)3)12-22(18)36-23-13-17(31(4)5)7-9-19(23)24;/h6-13H,14,28H2,1-5H3,(H-,29,33);1H. The van der Waals surface area contributed by atoms with Crippen molar-refractivity contribution in [3.05, 3.63) is 54.1 Å². The summed E-state index contributed by atoms with van der Waals surface area (Å²) >= 11 is 0. The van der Waals surface area contributed by atoms with Crippen LogP contribution in [-0.4, -0.2) is 46.9 Å². The first-order chi connectivity index (χ1) is 17.1. The topological polar surface area (TPSA) is 122 Å². The van der Waals surface area contributed by atoms with Crippen molar-refractivity contribution in [1.29, 1.82) is 0 Å². The van der Waals surface area contributed by atoms with Crippen LogP contribution in [0, 0.1) is 0 Å². The fraction of sp³-hybridized carbons (Fsp3) is 0.222. The molecule has 3 aromatic carbocycles. The van der Waals surface area contributed by atoms with E-state index in [-0.39, 0.29) is 33.9 Å². The second-order valence-electron chi connectivity index (χ2n) is 8.80. The number of hydrogen-bond donors (Lipinski definition) is 2. The summed E-state index contributed by atoms with van der Waals surface area (Å²) in [6.07, 6.45) is 0. The zero-order chi connectivity index (χ0) is 26.1. The Morgan fingerprint density at radius 1 is 0.838 bits per heavy atom. The van der Waals surface area contributed by atoms with Gasteiger partial charge in [-0.25, -0.2) is 9.21 Å². The van der Waals surface area contributed by atoms with Gasteiger partial charge >= 0.3 is 23.1 Å². The molecule has 0 spiro atoms. The Kier molecular flexibility index (Phi) is 8.12. The van der Waals surface area contributed by atoms with Crippen LogP contribution in [0.3, 0.4) is 0 Å². The third kappa shape index (κ3) is 5.39. The molecule has 0 fully saturated rings. The van der Waals surface area contributed by atoms with Gasteiger partial charge in [0.05, 0.1) is 39.8 Å². The highest BCUT2D eigenvalue weighted by molar-refractivity contribution is 6.15. The second-order valence-corrected chi connectivity index (χ2v) is 8.80. The number of nitrogens with zero attached hydrogens (tertiary/aromatic N) is 2. The maximum atomic E-state index is 13.2. The molecule has 0 unspecified atom stereocenters. The Morgan fingerprint density at radius 2 is 1.38 bits per heavy atom. The summed E-state index contributed by atoms with van der Waals surface area (Å²) in [5.74, 6) is -1.33. The second kappa shape index (κ2) is 10.9. The molecule has 37 heavy (non-hydrogen) atoms. The average Bonchev–Trinajstić information content (AvgIpc) is 2.83. The monoisotopic (exact) mass is 568 g/mol. The quantitative estimate of drug-likeness (QED) is 0.117. The Bertz CT molecular complexity index is 1440. The predicted octanol–water partition coefficient (Wildman–Crippen LogP) is 1.51. The van der Waals surface area contributed by atoms with E-state index in [2.05, 4.69) is 0 Å². The van der Waals surface area contributed by atoms with Crippen LogP contribution in [0.25, 0.3) is 33.1 Å². The van der Waals surface area contributed by atoms with E-state index in [0.29, 0.717) is 16.7 Å². The van der Waals surface area contributed by atoms with Gasteiger partial charge in [0.1, 0.15) is 0 Å². The maximum absolute atomic E-state index is 13.2. The zero-order valence-electron chi connectivity index (χ0n) is 21.3. The van der Waals surface area contributed by atoms with Crippen LogP contribution >= 0.6 is 0 Å². The fourth-order valence-corrected chi connectivity index (χ4v) is 4.02. The van der Waals surface area contributed by atoms with Gasteiger partial charge in [-0.3, -0.25) is 4.79 Å². The number of benzene rings is 3. The Morgan fingerprint density at radius 3 is 1.86 bits per heavy atom. The molecule has 4 N–H and O–H groups in total. The van der Waals surface area contributed by atoms with Crippen molar-refractivity contribution in [3.8, 4) is 11.1 Å². The number of nitrogens with two attached hydrogens (primary N) is 2. The molecular formula is C27H29BrN4O5. The van der Waals surface area contributed by atoms with Gasteiger partial charge in [-0.15, -0.1) is 0 Å². The van der Waals surface area contributed by atoms with E-state index in [1.54, 1.807) is 12.1 Å². The van der Waals surface area contributed by atoms with E-state index in [1.165, 1.54) is 6.92 Å². The number of carbonyl (C=O) groups is 2. The molecule has 9 nitrogen and oxygen atoms in total. The van der Waals surface area contributed by atoms with Gasteiger partial charge in [-0.1, -0.05) is 6.07 Å². The number of hydrogen-bond acceptors (Lipinski definition) is 8. The minimum absolute atomic E-state index is 0. The van der Waals surface area contributed by atoms with Crippen molar-refractivity contribution in [2.45, 2.75) is 6.92 Å². The van der Waals surface area contributed by atoms with Crippen LogP contribution in [0.1, 0.15) is 17.3 Å². The average molecular weight is 569 g/mol. The lowest BCUT2D eigenvalue weighted by atomic mass is 9.91. The third-order valence-electron chi connectivity index (χ3n) is 5.93. The molecular weight excluding hydrogens is 540 g/mol. The van der Waals surface area contributed by atoms with E-state index >= 15 is 0 Å². The molecule has 0 amide bonds. The van der Waals surface area contributed by atoms with Crippen molar-refractivity contribution < 1.29 is 40.5 Å². The van der Waals surface area contributed by atoms with Gasteiger partial charge < -0.3 is 47.7 Å². The molecule has 0 saturated carbocycles. The summed E-state index contributed by atoms with van der Waals surface area (Å²) in [6.45, 7) is 0.690. The number of nitrogen functional groups attached to an aromatic ring is 2. The van der Waals surface area contributed by atoms with Crippen molar-refractivity contribution in [3.63, 3.8) is 0 Å². The number of esters is 2. The van der Waals surface area contributed by atoms with Crippen molar-refractivity contribution in [2.24, 2.45) is 0 Å². The highest BCUT2D eigenvalue weighted by Crippen LogP contribution is 2.42. The van der Waals surface area contributed by atoms with E-state index < -0.39 is 18.7 Å². The molecule has 1 aromatic heterocycles. The molecule has 0 saturated heterocycles. The summed E-state index contributed by atoms with van der Waals surface area (Å²) in [6, 6.07) is 15.1. The predicted molar refractivity (Wildman–Crippen MR) is 143 cm³/mol. The van der Waals surface area contributed by atoms with Gasteiger partial charge in [-0.2, -0.15) is 0 Å². The van der Waals surface area contributed by atoms with E-state index in [9.17, 15) is 9.59 Å². The molecule has 0 bridgehead atoms. The van der Waals surface area contributed by atoms with Crippen molar-refractivity contribution >= 4 is 56.6 Å². The lowest BCUT2D eigenvalue weighted by Gasteiger charge is -2.16. The van der Waals surface area contributed by atoms with Crippen molar-refractivity contribution in [2.75, 3.05) is 56.3 Å². The number of carbonyl (C=O) groups excluding carboxylic acids is 2. The largest absolute Gasteiger partial charge is 1.00 e. The molecule has 4 aromatic rings. The van der Waals surface area contributed by atoms with Crippen LogP contribution in [0.4, 0.5) is 22.7 Å². The third-order valence-corrected chi connectivity index (χ3v) is 5.93. The van der Waals surface area contributed by atoms with Crippen LogP contribution in [0.15, 0.2) is 52.9 Å². The number of anilines is 4. The van der Waals surface area contributed by atoms with Gasteiger partial charge in [0, 0.05) is 57.6 Å². The number of ether oxygens (including phenoxy) is 2. The number of halogens is 1. The van der Waals surface area contributed by atoms with Crippen LogP contribution < -0.4 is 38.2 Å². The molecule has 1 heterocycles. The molecule has 0 atom stereocenters. The first kappa shape index (κ1) is 27.5. The van der Waals surface area contributed by atoms with E-state index in [4.69, 9.17) is 25.4 Å². The van der Waals surface area contributed by atoms with Gasteiger partial charge in [-0.05, 0) is 30.3 Å². The Balaban J connectivity index is 0.00000380. The van der Waals surface area contributed by atoms with Crippen molar-refractivity contribution in [1.82, 2.24) is 0 Å². The smallest absolute Gasteiger partial charge is 0.363 e.